The molecule has 2 rings (SSSR count). The molecule has 3 N–H and O–H groups in total. The van der Waals surface area contributed by atoms with E-state index < -0.39 is 0 Å². The van der Waals surface area contributed by atoms with E-state index in [1.165, 1.54) is 17.7 Å². The van der Waals surface area contributed by atoms with E-state index in [0.717, 1.165) is 15.6 Å². The fourth-order valence-corrected chi connectivity index (χ4v) is 2.84. The monoisotopic (exact) mass is 322 g/mol. The highest BCUT2D eigenvalue weighted by molar-refractivity contribution is 9.10. The van der Waals surface area contributed by atoms with Crippen LogP contribution in [0.4, 0.5) is 4.39 Å². The first-order valence-corrected chi connectivity index (χ1v) is 6.86. The zero-order valence-corrected chi connectivity index (χ0v) is 12.2. The van der Waals surface area contributed by atoms with Crippen LogP contribution < -0.4 is 11.3 Å². The Hall–Kier alpha value is -1.23. The van der Waals surface area contributed by atoms with Gasteiger partial charge in [-0.1, -0.05) is 40.2 Å². The largest absolute Gasteiger partial charge is 0.271 e. The summed E-state index contributed by atoms with van der Waals surface area (Å²) in [4.78, 5) is 0. The quantitative estimate of drug-likeness (QED) is 0.666. The number of benzene rings is 2. The van der Waals surface area contributed by atoms with E-state index in [-0.39, 0.29) is 11.9 Å². The van der Waals surface area contributed by atoms with Gasteiger partial charge in [0.15, 0.2) is 0 Å². The number of nitrogens with two attached hydrogens (primary N) is 1. The van der Waals surface area contributed by atoms with Crippen LogP contribution >= 0.6 is 15.9 Å². The number of hydrogen-bond donors (Lipinski definition) is 2. The Labute approximate surface area is 120 Å². The van der Waals surface area contributed by atoms with E-state index in [2.05, 4.69) is 21.4 Å². The lowest BCUT2D eigenvalue weighted by molar-refractivity contribution is 0.546. The molecule has 2 aromatic rings. The first-order chi connectivity index (χ1) is 9.10. The summed E-state index contributed by atoms with van der Waals surface area (Å²) < 4.78 is 14.2. The van der Waals surface area contributed by atoms with Gasteiger partial charge in [-0.05, 0) is 48.2 Å². The Morgan fingerprint density at radius 1 is 1.26 bits per heavy atom. The van der Waals surface area contributed by atoms with E-state index in [1.807, 2.05) is 31.2 Å². The second-order valence-electron chi connectivity index (χ2n) is 4.58. The average molecular weight is 323 g/mol. The van der Waals surface area contributed by atoms with Crippen LogP contribution in [0.5, 0.6) is 0 Å². The van der Waals surface area contributed by atoms with Crippen molar-refractivity contribution >= 4 is 15.9 Å². The molecule has 1 unspecified atom stereocenters. The lowest BCUT2D eigenvalue weighted by atomic mass is 9.98. The van der Waals surface area contributed by atoms with Gasteiger partial charge in [0.2, 0.25) is 0 Å². The van der Waals surface area contributed by atoms with Crippen LogP contribution in [0, 0.1) is 12.7 Å². The van der Waals surface area contributed by atoms with Gasteiger partial charge in [-0.2, -0.15) is 0 Å². The molecule has 0 aromatic heterocycles. The number of hydrazine groups is 1. The fourth-order valence-electron chi connectivity index (χ4n) is 2.07. The maximum absolute atomic E-state index is 13.2. The molecule has 0 aliphatic carbocycles. The molecule has 0 spiro atoms. The first kappa shape index (κ1) is 14.2. The summed E-state index contributed by atoms with van der Waals surface area (Å²) in [5, 5.41) is 0. The highest BCUT2D eigenvalue weighted by Gasteiger charge is 2.14. The lowest BCUT2D eigenvalue weighted by Gasteiger charge is -2.18. The Bertz CT molecular complexity index is 572. The number of halogens is 2. The normalized spacial score (nSPS) is 12.4. The Kier molecular flexibility index (Phi) is 4.69. The van der Waals surface area contributed by atoms with E-state index in [9.17, 15) is 4.39 Å². The van der Waals surface area contributed by atoms with E-state index >= 15 is 0 Å². The van der Waals surface area contributed by atoms with Gasteiger partial charge in [0.1, 0.15) is 5.82 Å². The highest BCUT2D eigenvalue weighted by atomic mass is 79.9. The van der Waals surface area contributed by atoms with Gasteiger partial charge in [-0.25, -0.2) is 4.39 Å². The zero-order chi connectivity index (χ0) is 13.8. The van der Waals surface area contributed by atoms with Crippen LogP contribution in [-0.2, 0) is 6.42 Å². The number of rotatable bonds is 4. The van der Waals surface area contributed by atoms with Crippen molar-refractivity contribution in [3.63, 3.8) is 0 Å². The number of aryl methyl sites for hydroxylation is 1. The van der Waals surface area contributed by atoms with Gasteiger partial charge < -0.3 is 0 Å². The SMILES string of the molecule is Cc1ccc(C(Cc2cccc(F)c2)NN)c(Br)c1. The summed E-state index contributed by atoms with van der Waals surface area (Å²) in [6.07, 6.45) is 0.635. The van der Waals surface area contributed by atoms with E-state index in [4.69, 9.17) is 5.84 Å². The molecule has 0 bridgehead atoms. The van der Waals surface area contributed by atoms with Crippen molar-refractivity contribution in [2.75, 3.05) is 0 Å². The van der Waals surface area contributed by atoms with Gasteiger partial charge in [-0.3, -0.25) is 11.3 Å². The predicted molar refractivity (Wildman–Crippen MR) is 79.0 cm³/mol. The smallest absolute Gasteiger partial charge is 0.123 e. The molecule has 2 aromatic carbocycles. The van der Waals surface area contributed by atoms with Crippen LogP contribution in [0.1, 0.15) is 22.7 Å². The minimum absolute atomic E-state index is 0.0585. The molecule has 0 fully saturated rings. The van der Waals surface area contributed by atoms with Gasteiger partial charge in [0.25, 0.3) is 0 Å². The summed E-state index contributed by atoms with van der Waals surface area (Å²) in [7, 11) is 0. The number of nitrogens with one attached hydrogen (secondary N) is 1. The molecule has 0 amide bonds. The van der Waals surface area contributed by atoms with Crippen LogP contribution in [0.2, 0.25) is 0 Å². The van der Waals surface area contributed by atoms with Crippen molar-refractivity contribution < 1.29 is 4.39 Å². The fraction of sp³-hybridized carbons (Fsp3) is 0.200. The third kappa shape index (κ3) is 3.62. The minimum atomic E-state index is -0.226. The summed E-state index contributed by atoms with van der Waals surface area (Å²) in [5.74, 6) is 5.41. The Balaban J connectivity index is 2.25. The van der Waals surface area contributed by atoms with Crippen LogP contribution in [-0.4, -0.2) is 0 Å². The molecule has 0 heterocycles. The molecule has 0 saturated heterocycles. The molecule has 2 nitrogen and oxygen atoms in total. The lowest BCUT2D eigenvalue weighted by Crippen LogP contribution is -2.29. The molecule has 0 aliphatic rings. The van der Waals surface area contributed by atoms with Crippen LogP contribution in [0.3, 0.4) is 0 Å². The van der Waals surface area contributed by atoms with Crippen molar-refractivity contribution in [1.29, 1.82) is 0 Å². The molecule has 19 heavy (non-hydrogen) atoms. The first-order valence-electron chi connectivity index (χ1n) is 6.07. The predicted octanol–water partition coefficient (Wildman–Crippen LogP) is 3.64. The van der Waals surface area contributed by atoms with Crippen LogP contribution in [0.15, 0.2) is 46.9 Å². The molecule has 0 aliphatic heterocycles. The second-order valence-corrected chi connectivity index (χ2v) is 5.43. The molecule has 0 saturated carbocycles. The third-order valence-corrected chi connectivity index (χ3v) is 3.75. The standard InChI is InChI=1S/C15H16BrFN2/c1-10-5-6-13(14(16)7-10)15(19-18)9-11-3-2-4-12(17)8-11/h2-8,15,19H,9,18H2,1H3. The molecular weight excluding hydrogens is 307 g/mol. The summed E-state index contributed by atoms with van der Waals surface area (Å²) in [6, 6.07) is 12.6. The molecule has 4 heteroatoms. The summed E-state index contributed by atoms with van der Waals surface area (Å²) in [6.45, 7) is 2.03. The Morgan fingerprint density at radius 3 is 2.68 bits per heavy atom. The van der Waals surface area contributed by atoms with Gasteiger partial charge >= 0.3 is 0 Å². The van der Waals surface area contributed by atoms with Gasteiger partial charge in [0, 0.05) is 4.47 Å². The van der Waals surface area contributed by atoms with Crippen molar-refractivity contribution in [3.8, 4) is 0 Å². The third-order valence-electron chi connectivity index (χ3n) is 3.06. The average Bonchev–Trinajstić information content (AvgIpc) is 2.37. The maximum Gasteiger partial charge on any atom is 0.123 e. The van der Waals surface area contributed by atoms with Crippen LogP contribution in [0.25, 0.3) is 0 Å². The zero-order valence-electron chi connectivity index (χ0n) is 10.7. The Morgan fingerprint density at radius 2 is 2.05 bits per heavy atom. The van der Waals surface area contributed by atoms with Crippen molar-refractivity contribution in [1.82, 2.24) is 5.43 Å². The highest BCUT2D eigenvalue weighted by Crippen LogP contribution is 2.26. The summed E-state index contributed by atoms with van der Waals surface area (Å²) in [5.41, 5.74) is 5.95. The molecular formula is C15H16BrFN2. The van der Waals surface area contributed by atoms with Crippen molar-refractivity contribution in [2.24, 2.45) is 5.84 Å². The van der Waals surface area contributed by atoms with E-state index in [0.29, 0.717) is 6.42 Å². The molecule has 1 atom stereocenters. The maximum atomic E-state index is 13.2. The van der Waals surface area contributed by atoms with Crippen molar-refractivity contribution in [2.45, 2.75) is 19.4 Å². The molecule has 100 valence electrons. The van der Waals surface area contributed by atoms with Gasteiger partial charge in [0.05, 0.1) is 6.04 Å². The minimum Gasteiger partial charge on any atom is -0.271 e. The van der Waals surface area contributed by atoms with Gasteiger partial charge in [-0.15, -0.1) is 0 Å². The summed E-state index contributed by atoms with van der Waals surface area (Å²) >= 11 is 3.55. The van der Waals surface area contributed by atoms with Crippen molar-refractivity contribution in [3.05, 3.63) is 69.4 Å². The number of hydrogen-bond acceptors (Lipinski definition) is 2. The van der Waals surface area contributed by atoms with E-state index in [1.54, 1.807) is 6.07 Å². The second kappa shape index (κ2) is 6.28. The topological polar surface area (TPSA) is 38.0 Å². The molecule has 0 radical (unpaired) electrons.